The number of ketones is 1. The molecule has 242 valence electrons. The second-order valence-corrected chi connectivity index (χ2v) is 13.5. The van der Waals surface area contributed by atoms with Crippen LogP contribution in [0.3, 0.4) is 0 Å². The summed E-state index contributed by atoms with van der Waals surface area (Å²) < 4.78 is 0. The van der Waals surface area contributed by atoms with E-state index in [9.17, 15) is 4.79 Å². The van der Waals surface area contributed by atoms with E-state index < -0.39 is 0 Å². The SMILES string of the molecule is CC(=O)c1cc(C2CCC(c3ccc4c(N)nc(NC5CCN(C)CC5)nc4n3)C2)nc2nc(NC3CCN(C)CC3)nc(N)c12. The lowest BCUT2D eigenvalue weighted by Crippen LogP contribution is -2.37. The minimum absolute atomic E-state index is 0.0762. The van der Waals surface area contributed by atoms with E-state index >= 15 is 0 Å². The first-order valence-corrected chi connectivity index (χ1v) is 16.5. The smallest absolute Gasteiger partial charge is 0.226 e. The van der Waals surface area contributed by atoms with Gasteiger partial charge in [0.25, 0.3) is 0 Å². The number of piperidine rings is 2. The van der Waals surface area contributed by atoms with E-state index in [-0.39, 0.29) is 29.5 Å². The lowest BCUT2D eigenvalue weighted by Gasteiger charge is -2.29. The van der Waals surface area contributed by atoms with E-state index in [2.05, 4.69) is 44.5 Å². The molecule has 0 bridgehead atoms. The molecule has 46 heavy (non-hydrogen) atoms. The van der Waals surface area contributed by atoms with Crippen LogP contribution in [0.5, 0.6) is 0 Å². The van der Waals surface area contributed by atoms with Crippen molar-refractivity contribution in [3.63, 3.8) is 0 Å². The highest BCUT2D eigenvalue weighted by molar-refractivity contribution is 6.09. The zero-order chi connectivity index (χ0) is 31.9. The summed E-state index contributed by atoms with van der Waals surface area (Å²) in [6.07, 6.45) is 6.83. The Labute approximate surface area is 269 Å². The van der Waals surface area contributed by atoms with E-state index in [1.54, 1.807) is 6.92 Å². The van der Waals surface area contributed by atoms with Gasteiger partial charge in [-0.2, -0.15) is 19.9 Å². The lowest BCUT2D eigenvalue weighted by atomic mass is 9.96. The van der Waals surface area contributed by atoms with Crippen LogP contribution in [-0.2, 0) is 0 Å². The number of nitrogens with two attached hydrogens (primary N) is 2. The molecule has 3 aliphatic rings. The van der Waals surface area contributed by atoms with Crippen molar-refractivity contribution in [3.8, 4) is 0 Å². The predicted molar refractivity (Wildman–Crippen MR) is 181 cm³/mol. The number of nitrogens with one attached hydrogen (secondary N) is 2. The number of nitrogens with zero attached hydrogens (tertiary/aromatic N) is 8. The number of carbonyl (C=O) groups is 1. The van der Waals surface area contributed by atoms with E-state index in [0.29, 0.717) is 46.0 Å². The Kier molecular flexibility index (Phi) is 8.28. The molecular weight excluding hydrogens is 580 g/mol. The number of fused-ring (bicyclic) bond motifs is 2. The molecule has 0 radical (unpaired) electrons. The number of aromatic nitrogens is 6. The summed E-state index contributed by atoms with van der Waals surface area (Å²) in [7, 11) is 4.28. The molecule has 2 unspecified atom stereocenters. The topological polar surface area (TPSA) is 177 Å². The molecule has 2 atom stereocenters. The average Bonchev–Trinajstić information content (AvgIpc) is 3.53. The van der Waals surface area contributed by atoms with Gasteiger partial charge in [0.2, 0.25) is 11.9 Å². The third-order valence-corrected chi connectivity index (χ3v) is 10.1. The second-order valence-electron chi connectivity index (χ2n) is 13.5. The van der Waals surface area contributed by atoms with Crippen molar-refractivity contribution in [1.82, 2.24) is 39.7 Å². The molecule has 13 heteroatoms. The number of Topliss-reactive ketones (excluding diaryl/α,β-unsaturated/α-hetero) is 1. The quantitative estimate of drug-likeness (QED) is 0.219. The van der Waals surface area contributed by atoms with Gasteiger partial charge in [0.1, 0.15) is 11.6 Å². The molecule has 1 saturated carbocycles. The number of carbonyl (C=O) groups excluding carboxylic acids is 1. The highest BCUT2D eigenvalue weighted by atomic mass is 16.1. The number of likely N-dealkylation sites (tertiary alicyclic amines) is 2. The predicted octanol–water partition coefficient (Wildman–Crippen LogP) is 3.79. The molecule has 2 saturated heterocycles. The molecule has 0 amide bonds. The Morgan fingerprint density at radius 1 is 0.717 bits per heavy atom. The minimum atomic E-state index is -0.0762. The number of anilines is 4. The Hall–Kier alpha value is -4.23. The van der Waals surface area contributed by atoms with Gasteiger partial charge in [-0.15, -0.1) is 0 Å². The molecule has 0 aromatic carbocycles. The van der Waals surface area contributed by atoms with Crippen molar-refractivity contribution in [2.45, 2.75) is 75.8 Å². The van der Waals surface area contributed by atoms with Crippen LogP contribution in [0, 0.1) is 0 Å². The van der Waals surface area contributed by atoms with E-state index in [0.717, 1.165) is 87.9 Å². The van der Waals surface area contributed by atoms with Gasteiger partial charge < -0.3 is 31.9 Å². The van der Waals surface area contributed by atoms with Crippen LogP contribution in [0.25, 0.3) is 22.1 Å². The maximum absolute atomic E-state index is 12.8. The van der Waals surface area contributed by atoms with E-state index in [4.69, 9.17) is 31.4 Å². The van der Waals surface area contributed by atoms with Gasteiger partial charge in [-0.3, -0.25) is 4.79 Å². The van der Waals surface area contributed by atoms with Crippen LogP contribution in [0.15, 0.2) is 18.2 Å². The molecule has 6 heterocycles. The Morgan fingerprint density at radius 3 is 1.87 bits per heavy atom. The van der Waals surface area contributed by atoms with Crippen LogP contribution < -0.4 is 22.1 Å². The third kappa shape index (κ3) is 6.25. The van der Waals surface area contributed by atoms with Crippen LogP contribution in [0.4, 0.5) is 23.5 Å². The molecule has 4 aromatic heterocycles. The normalized spacial score (nSPS) is 22.1. The fraction of sp³-hybridized carbons (Fsp3) is 0.545. The Balaban J connectivity index is 1.13. The van der Waals surface area contributed by atoms with E-state index in [1.807, 2.05) is 18.2 Å². The largest absolute Gasteiger partial charge is 0.383 e. The highest BCUT2D eigenvalue weighted by Crippen LogP contribution is 2.44. The summed E-state index contributed by atoms with van der Waals surface area (Å²) in [5.74, 6) is 2.03. The van der Waals surface area contributed by atoms with Crippen LogP contribution >= 0.6 is 0 Å². The maximum Gasteiger partial charge on any atom is 0.226 e. The Bertz CT molecular complexity index is 1760. The summed E-state index contributed by atoms with van der Waals surface area (Å²) in [5, 5.41) is 8.23. The molecule has 4 aromatic rings. The number of nitrogen functional groups attached to an aromatic ring is 2. The van der Waals surface area contributed by atoms with Crippen molar-refractivity contribution in [2.75, 3.05) is 62.4 Å². The van der Waals surface area contributed by atoms with Crippen molar-refractivity contribution >= 4 is 51.4 Å². The van der Waals surface area contributed by atoms with Gasteiger partial charge in [-0.1, -0.05) is 0 Å². The van der Waals surface area contributed by atoms with Gasteiger partial charge >= 0.3 is 0 Å². The lowest BCUT2D eigenvalue weighted by molar-refractivity contribution is 0.101. The summed E-state index contributed by atoms with van der Waals surface area (Å²) in [6.45, 7) is 5.68. The first-order chi connectivity index (χ1) is 22.2. The van der Waals surface area contributed by atoms with Gasteiger partial charge in [0, 0.05) is 40.9 Å². The molecule has 7 rings (SSSR count). The first kappa shape index (κ1) is 30.4. The van der Waals surface area contributed by atoms with Crippen molar-refractivity contribution < 1.29 is 4.79 Å². The molecule has 3 fully saturated rings. The molecular formula is C33H44N12O. The molecule has 13 nitrogen and oxygen atoms in total. The molecule has 2 aliphatic heterocycles. The van der Waals surface area contributed by atoms with Gasteiger partial charge in [0.15, 0.2) is 17.1 Å². The highest BCUT2D eigenvalue weighted by Gasteiger charge is 2.31. The minimum Gasteiger partial charge on any atom is -0.383 e. The number of rotatable bonds is 7. The van der Waals surface area contributed by atoms with Gasteiger partial charge in [0.05, 0.1) is 10.8 Å². The van der Waals surface area contributed by atoms with E-state index in [1.165, 1.54) is 0 Å². The van der Waals surface area contributed by atoms with Crippen LogP contribution in [-0.4, -0.2) is 97.8 Å². The second kappa shape index (κ2) is 12.5. The summed E-state index contributed by atoms with van der Waals surface area (Å²) in [5.41, 5.74) is 16.2. The third-order valence-electron chi connectivity index (χ3n) is 10.1. The van der Waals surface area contributed by atoms with Crippen molar-refractivity contribution in [2.24, 2.45) is 0 Å². The molecule has 1 aliphatic carbocycles. The van der Waals surface area contributed by atoms with Gasteiger partial charge in [-0.25, -0.2) is 9.97 Å². The van der Waals surface area contributed by atoms with Crippen molar-refractivity contribution in [1.29, 1.82) is 0 Å². The Morgan fingerprint density at radius 2 is 1.26 bits per heavy atom. The monoisotopic (exact) mass is 624 g/mol. The summed E-state index contributed by atoms with van der Waals surface area (Å²) in [4.78, 5) is 46.0. The van der Waals surface area contributed by atoms with Gasteiger partial charge in [-0.05, 0) is 110 Å². The standard InChI is InChI=1S/C33H44N12O/c1-18(46)24-17-26(39-31-27(24)29(35)41-33(43-31)37-22-10-14-45(3)15-11-22)20-5-4-19(16-20)25-7-6-23-28(34)40-32(42-30(23)38-25)36-21-8-12-44(2)13-9-21/h6-7,17,19-22H,4-5,8-16H2,1-3H3,(H3,34,36,38,40,42)(H3,35,37,39,41,43). The number of hydrogen-bond acceptors (Lipinski definition) is 13. The summed E-state index contributed by atoms with van der Waals surface area (Å²) in [6, 6.07) is 6.52. The fourth-order valence-corrected chi connectivity index (χ4v) is 7.26. The van der Waals surface area contributed by atoms with Crippen LogP contribution in [0.1, 0.15) is 85.5 Å². The van der Waals surface area contributed by atoms with Crippen molar-refractivity contribution in [3.05, 3.63) is 35.2 Å². The zero-order valence-electron chi connectivity index (χ0n) is 27.0. The fourth-order valence-electron chi connectivity index (χ4n) is 7.26. The summed E-state index contributed by atoms with van der Waals surface area (Å²) >= 11 is 0. The number of pyridine rings is 2. The molecule has 6 N–H and O–H groups in total. The number of hydrogen-bond donors (Lipinski definition) is 4. The average molecular weight is 625 g/mol. The first-order valence-electron chi connectivity index (χ1n) is 16.5. The molecule has 0 spiro atoms. The zero-order valence-corrected chi connectivity index (χ0v) is 27.0. The maximum atomic E-state index is 12.8. The van der Waals surface area contributed by atoms with Crippen LogP contribution in [0.2, 0.25) is 0 Å².